The van der Waals surface area contributed by atoms with Crippen molar-refractivity contribution in [1.82, 2.24) is 5.32 Å². The van der Waals surface area contributed by atoms with Crippen LogP contribution in [0, 0.1) is 5.41 Å². The molecule has 3 nitrogen and oxygen atoms in total. The van der Waals surface area contributed by atoms with Crippen LogP contribution in [0.2, 0.25) is 0 Å². The molecule has 98 valence electrons. The molecule has 0 saturated carbocycles. The lowest BCUT2D eigenvalue weighted by molar-refractivity contribution is -0.136. The molecule has 0 aromatic heterocycles. The molecule has 0 radical (unpaired) electrons. The monoisotopic (exact) mass is 247 g/mol. The zero-order chi connectivity index (χ0) is 13.2. The Balaban J connectivity index is 2.16. The summed E-state index contributed by atoms with van der Waals surface area (Å²) in [6, 6.07) is 8.73. The summed E-state index contributed by atoms with van der Waals surface area (Å²) in [5.74, 6) is -0.746. The second kappa shape index (κ2) is 5.11. The van der Waals surface area contributed by atoms with Crippen LogP contribution in [0.25, 0.3) is 0 Å². The average molecular weight is 247 g/mol. The highest BCUT2D eigenvalue weighted by Gasteiger charge is 2.35. The number of hydrogen-bond acceptors (Lipinski definition) is 2. The highest BCUT2D eigenvalue weighted by Crippen LogP contribution is 2.43. The minimum Gasteiger partial charge on any atom is -0.481 e. The van der Waals surface area contributed by atoms with Crippen LogP contribution in [-0.4, -0.2) is 17.6 Å². The summed E-state index contributed by atoms with van der Waals surface area (Å²) >= 11 is 0. The van der Waals surface area contributed by atoms with Crippen molar-refractivity contribution in [2.45, 2.75) is 39.2 Å². The van der Waals surface area contributed by atoms with Crippen LogP contribution in [0.1, 0.15) is 43.9 Å². The van der Waals surface area contributed by atoms with Gasteiger partial charge in [-0.15, -0.1) is 0 Å². The molecule has 1 aromatic carbocycles. The zero-order valence-electron chi connectivity index (χ0n) is 11.1. The van der Waals surface area contributed by atoms with E-state index in [9.17, 15) is 4.79 Å². The van der Waals surface area contributed by atoms with Crippen LogP contribution < -0.4 is 5.32 Å². The van der Waals surface area contributed by atoms with E-state index in [1.807, 2.05) is 0 Å². The first-order chi connectivity index (χ1) is 8.50. The number of carboxylic acid groups (broad SMARTS) is 1. The lowest BCUT2D eigenvalue weighted by Crippen LogP contribution is -2.39. The number of nitrogens with one attached hydrogen (secondary N) is 1. The number of fused-ring (bicyclic) bond motifs is 1. The summed E-state index contributed by atoms with van der Waals surface area (Å²) in [5.41, 5.74) is 2.90. The number of rotatable bonds is 4. The lowest BCUT2D eigenvalue weighted by atomic mass is 9.70. The zero-order valence-corrected chi connectivity index (χ0v) is 11.1. The van der Waals surface area contributed by atoms with Crippen molar-refractivity contribution in [2.24, 2.45) is 5.41 Å². The first-order valence-electron chi connectivity index (χ1n) is 6.54. The van der Waals surface area contributed by atoms with Crippen molar-refractivity contribution < 1.29 is 9.90 Å². The molecule has 1 atom stereocenters. The second-order valence-electron chi connectivity index (χ2n) is 5.72. The van der Waals surface area contributed by atoms with Crippen LogP contribution >= 0.6 is 0 Å². The third-order valence-corrected chi connectivity index (χ3v) is 3.87. The van der Waals surface area contributed by atoms with Gasteiger partial charge in [-0.1, -0.05) is 38.1 Å². The summed E-state index contributed by atoms with van der Waals surface area (Å²) in [5, 5.41) is 12.1. The van der Waals surface area contributed by atoms with Gasteiger partial charge in [0.1, 0.15) is 0 Å². The highest BCUT2D eigenvalue weighted by atomic mass is 16.4. The third kappa shape index (κ3) is 2.72. The Hall–Kier alpha value is -1.35. The minimum atomic E-state index is -0.746. The number of benzene rings is 1. The lowest BCUT2D eigenvalue weighted by Gasteiger charge is -2.40. The third-order valence-electron chi connectivity index (χ3n) is 3.87. The molecule has 0 aliphatic heterocycles. The van der Waals surface area contributed by atoms with E-state index in [4.69, 9.17) is 5.11 Å². The first kappa shape index (κ1) is 13.1. The number of hydrogen-bond donors (Lipinski definition) is 2. The van der Waals surface area contributed by atoms with Gasteiger partial charge in [0, 0.05) is 12.6 Å². The fraction of sp³-hybridized carbons (Fsp3) is 0.533. The SMILES string of the molecule is CC1(C)CCc2ccccc2C1NCCC(=O)O. The van der Waals surface area contributed by atoms with Crippen molar-refractivity contribution >= 4 is 5.97 Å². The van der Waals surface area contributed by atoms with Crippen molar-refractivity contribution in [3.63, 3.8) is 0 Å². The van der Waals surface area contributed by atoms with E-state index in [0.29, 0.717) is 6.54 Å². The van der Waals surface area contributed by atoms with E-state index in [0.717, 1.165) is 12.8 Å². The van der Waals surface area contributed by atoms with Gasteiger partial charge in [0.25, 0.3) is 0 Å². The molecule has 0 heterocycles. The summed E-state index contributed by atoms with van der Waals surface area (Å²) in [7, 11) is 0. The van der Waals surface area contributed by atoms with E-state index in [2.05, 4.69) is 43.4 Å². The Kier molecular flexibility index (Phi) is 3.71. The molecule has 1 aromatic rings. The number of aryl methyl sites for hydroxylation is 1. The molecule has 0 bridgehead atoms. The quantitative estimate of drug-likeness (QED) is 0.860. The topological polar surface area (TPSA) is 49.3 Å². The molecule has 1 aliphatic rings. The van der Waals surface area contributed by atoms with E-state index < -0.39 is 5.97 Å². The molecule has 2 N–H and O–H groups in total. The van der Waals surface area contributed by atoms with Gasteiger partial charge in [-0.2, -0.15) is 0 Å². The molecule has 18 heavy (non-hydrogen) atoms. The Morgan fingerprint density at radius 1 is 1.44 bits per heavy atom. The summed E-state index contributed by atoms with van der Waals surface area (Å²) in [6.45, 7) is 5.03. The van der Waals surface area contributed by atoms with Crippen molar-refractivity contribution in [1.29, 1.82) is 0 Å². The number of aliphatic carboxylic acids is 1. The van der Waals surface area contributed by atoms with E-state index in [-0.39, 0.29) is 17.9 Å². The molecule has 3 heteroatoms. The van der Waals surface area contributed by atoms with Crippen LogP contribution in [-0.2, 0) is 11.2 Å². The van der Waals surface area contributed by atoms with E-state index in [1.165, 1.54) is 11.1 Å². The van der Waals surface area contributed by atoms with Crippen molar-refractivity contribution in [3.05, 3.63) is 35.4 Å². The van der Waals surface area contributed by atoms with Gasteiger partial charge >= 0.3 is 5.97 Å². The maximum absolute atomic E-state index is 10.6. The van der Waals surface area contributed by atoms with Crippen LogP contribution in [0.5, 0.6) is 0 Å². The smallest absolute Gasteiger partial charge is 0.304 e. The average Bonchev–Trinajstić information content (AvgIpc) is 2.31. The summed E-state index contributed by atoms with van der Waals surface area (Å²) in [6.07, 6.45) is 2.42. The molecule has 1 unspecified atom stereocenters. The molecular formula is C15H21NO2. The summed E-state index contributed by atoms with van der Waals surface area (Å²) < 4.78 is 0. The Morgan fingerprint density at radius 2 is 2.17 bits per heavy atom. The van der Waals surface area contributed by atoms with Crippen molar-refractivity contribution in [3.8, 4) is 0 Å². The van der Waals surface area contributed by atoms with Crippen LogP contribution in [0.4, 0.5) is 0 Å². The molecule has 0 fully saturated rings. The van der Waals surface area contributed by atoms with Gasteiger partial charge in [-0.25, -0.2) is 0 Å². The Morgan fingerprint density at radius 3 is 2.89 bits per heavy atom. The minimum absolute atomic E-state index is 0.173. The highest BCUT2D eigenvalue weighted by molar-refractivity contribution is 5.66. The normalized spacial score (nSPS) is 21.3. The Bertz CT molecular complexity index is 440. The van der Waals surface area contributed by atoms with Gasteiger partial charge in [-0.3, -0.25) is 4.79 Å². The maximum atomic E-state index is 10.6. The largest absolute Gasteiger partial charge is 0.481 e. The predicted molar refractivity (Wildman–Crippen MR) is 71.5 cm³/mol. The number of carbonyl (C=O) groups is 1. The molecule has 0 amide bonds. The van der Waals surface area contributed by atoms with Crippen LogP contribution in [0.15, 0.2) is 24.3 Å². The second-order valence-corrected chi connectivity index (χ2v) is 5.72. The summed E-state index contributed by atoms with van der Waals surface area (Å²) in [4.78, 5) is 10.6. The van der Waals surface area contributed by atoms with Crippen LogP contribution in [0.3, 0.4) is 0 Å². The van der Waals surface area contributed by atoms with Gasteiger partial charge in [0.05, 0.1) is 6.42 Å². The molecule has 0 saturated heterocycles. The molecular weight excluding hydrogens is 226 g/mol. The standard InChI is InChI=1S/C15H21NO2/c1-15(2)9-7-11-5-3-4-6-12(11)14(15)16-10-8-13(17)18/h3-6,14,16H,7-10H2,1-2H3,(H,17,18). The van der Waals surface area contributed by atoms with Gasteiger partial charge in [-0.05, 0) is 29.4 Å². The predicted octanol–water partition coefficient (Wildman–Crippen LogP) is 2.76. The van der Waals surface area contributed by atoms with E-state index in [1.54, 1.807) is 0 Å². The van der Waals surface area contributed by atoms with Gasteiger partial charge in [0.15, 0.2) is 0 Å². The van der Waals surface area contributed by atoms with Gasteiger partial charge in [0.2, 0.25) is 0 Å². The fourth-order valence-electron chi connectivity index (χ4n) is 2.78. The molecule has 2 rings (SSSR count). The van der Waals surface area contributed by atoms with Gasteiger partial charge < -0.3 is 10.4 Å². The molecule has 1 aliphatic carbocycles. The Labute approximate surface area is 108 Å². The first-order valence-corrected chi connectivity index (χ1v) is 6.54. The molecule has 0 spiro atoms. The van der Waals surface area contributed by atoms with E-state index >= 15 is 0 Å². The number of carboxylic acids is 1. The maximum Gasteiger partial charge on any atom is 0.304 e. The fourth-order valence-corrected chi connectivity index (χ4v) is 2.78. The van der Waals surface area contributed by atoms with Crippen molar-refractivity contribution in [2.75, 3.05) is 6.54 Å².